The normalized spacial score (nSPS) is 11.8. The molecular formula is C17H19NO2. The molecule has 0 heterocycles. The van der Waals surface area contributed by atoms with Crippen molar-refractivity contribution in [3.8, 4) is 0 Å². The Labute approximate surface area is 119 Å². The summed E-state index contributed by atoms with van der Waals surface area (Å²) in [5, 5.41) is 9.56. The number of carbonyl (C=O) groups is 1. The fraction of sp³-hybridized carbons (Fsp3) is 0.235. The molecular weight excluding hydrogens is 250 g/mol. The fourth-order valence-corrected chi connectivity index (χ4v) is 2.37. The van der Waals surface area contributed by atoms with E-state index in [1.54, 1.807) is 0 Å². The van der Waals surface area contributed by atoms with Crippen molar-refractivity contribution < 1.29 is 9.90 Å². The molecule has 0 saturated heterocycles. The molecule has 104 valence electrons. The molecule has 0 spiro atoms. The van der Waals surface area contributed by atoms with Crippen LogP contribution in [0.3, 0.4) is 0 Å². The Kier molecular flexibility index (Phi) is 4.77. The van der Waals surface area contributed by atoms with Crippen LogP contribution in [0.2, 0.25) is 0 Å². The molecule has 1 unspecified atom stereocenters. The second-order valence-corrected chi connectivity index (χ2v) is 4.67. The highest BCUT2D eigenvalue weighted by Gasteiger charge is 2.24. The lowest BCUT2D eigenvalue weighted by Gasteiger charge is -2.30. The van der Waals surface area contributed by atoms with Gasteiger partial charge in [0.15, 0.2) is 0 Å². The van der Waals surface area contributed by atoms with Gasteiger partial charge in [0, 0.05) is 18.7 Å². The van der Waals surface area contributed by atoms with Crippen LogP contribution in [0.5, 0.6) is 0 Å². The zero-order valence-electron chi connectivity index (χ0n) is 11.6. The van der Waals surface area contributed by atoms with Gasteiger partial charge in [0.1, 0.15) is 6.04 Å². The Hall–Kier alpha value is -2.29. The summed E-state index contributed by atoms with van der Waals surface area (Å²) in [6.45, 7) is 2.64. The molecule has 3 nitrogen and oxygen atoms in total. The monoisotopic (exact) mass is 269 g/mol. The van der Waals surface area contributed by atoms with Crippen LogP contribution in [0.4, 0.5) is 5.69 Å². The van der Waals surface area contributed by atoms with Gasteiger partial charge in [0.2, 0.25) is 0 Å². The Balaban J connectivity index is 2.25. The van der Waals surface area contributed by atoms with Crippen LogP contribution in [-0.4, -0.2) is 23.7 Å². The highest BCUT2D eigenvalue weighted by atomic mass is 16.4. The second-order valence-electron chi connectivity index (χ2n) is 4.67. The molecule has 0 aliphatic carbocycles. The van der Waals surface area contributed by atoms with Crippen molar-refractivity contribution in [1.82, 2.24) is 0 Å². The average molecular weight is 269 g/mol. The third-order valence-electron chi connectivity index (χ3n) is 3.36. The number of likely N-dealkylation sites (N-methyl/N-ethyl adjacent to an activating group) is 1. The number of aliphatic carboxylic acids is 1. The minimum absolute atomic E-state index is 0.499. The van der Waals surface area contributed by atoms with Crippen LogP contribution < -0.4 is 4.90 Å². The lowest BCUT2D eigenvalue weighted by molar-refractivity contribution is -0.138. The molecule has 0 aromatic heterocycles. The third-order valence-corrected chi connectivity index (χ3v) is 3.36. The molecule has 0 radical (unpaired) electrons. The van der Waals surface area contributed by atoms with Gasteiger partial charge < -0.3 is 10.0 Å². The van der Waals surface area contributed by atoms with E-state index >= 15 is 0 Å². The van der Waals surface area contributed by atoms with Gasteiger partial charge in [-0.25, -0.2) is 4.79 Å². The summed E-state index contributed by atoms with van der Waals surface area (Å²) in [5.74, 6) is -0.792. The maximum Gasteiger partial charge on any atom is 0.326 e. The number of benzene rings is 2. The van der Waals surface area contributed by atoms with Crippen molar-refractivity contribution in [2.45, 2.75) is 19.4 Å². The van der Waals surface area contributed by atoms with Gasteiger partial charge in [-0.3, -0.25) is 0 Å². The first-order valence-electron chi connectivity index (χ1n) is 6.80. The van der Waals surface area contributed by atoms with Gasteiger partial charge >= 0.3 is 5.97 Å². The summed E-state index contributed by atoms with van der Waals surface area (Å²) in [4.78, 5) is 13.6. The molecule has 20 heavy (non-hydrogen) atoms. The van der Waals surface area contributed by atoms with Crippen LogP contribution in [-0.2, 0) is 11.2 Å². The summed E-state index contributed by atoms with van der Waals surface area (Å²) in [5.41, 5.74) is 1.98. The number of para-hydroxylation sites is 1. The van der Waals surface area contributed by atoms with Crippen LogP contribution in [0.25, 0.3) is 0 Å². The highest BCUT2D eigenvalue weighted by molar-refractivity contribution is 5.78. The van der Waals surface area contributed by atoms with Crippen LogP contribution in [0, 0.1) is 0 Å². The predicted molar refractivity (Wildman–Crippen MR) is 81.0 cm³/mol. The van der Waals surface area contributed by atoms with Gasteiger partial charge in [-0.2, -0.15) is 0 Å². The molecule has 0 fully saturated rings. The van der Waals surface area contributed by atoms with E-state index in [0.29, 0.717) is 13.0 Å². The van der Waals surface area contributed by atoms with E-state index in [4.69, 9.17) is 0 Å². The Bertz CT molecular complexity index is 539. The number of anilines is 1. The van der Waals surface area contributed by atoms with Crippen molar-refractivity contribution in [1.29, 1.82) is 0 Å². The van der Waals surface area contributed by atoms with Crippen LogP contribution >= 0.6 is 0 Å². The van der Waals surface area contributed by atoms with Crippen molar-refractivity contribution in [2.75, 3.05) is 11.4 Å². The van der Waals surface area contributed by atoms with Crippen molar-refractivity contribution in [3.05, 3.63) is 66.2 Å². The summed E-state index contributed by atoms with van der Waals surface area (Å²) >= 11 is 0. The minimum atomic E-state index is -0.792. The maximum atomic E-state index is 11.6. The topological polar surface area (TPSA) is 40.5 Å². The summed E-state index contributed by atoms with van der Waals surface area (Å²) in [6, 6.07) is 18.9. The van der Waals surface area contributed by atoms with E-state index in [1.165, 1.54) is 0 Å². The largest absolute Gasteiger partial charge is 0.480 e. The minimum Gasteiger partial charge on any atom is -0.480 e. The molecule has 2 aromatic rings. The third kappa shape index (κ3) is 3.38. The Morgan fingerprint density at radius 1 is 1.05 bits per heavy atom. The average Bonchev–Trinajstić information content (AvgIpc) is 2.49. The summed E-state index contributed by atoms with van der Waals surface area (Å²) < 4.78 is 0. The van der Waals surface area contributed by atoms with Crippen molar-refractivity contribution in [3.63, 3.8) is 0 Å². The number of carboxylic acid groups (broad SMARTS) is 1. The molecule has 2 aromatic carbocycles. The summed E-state index contributed by atoms with van der Waals surface area (Å²) in [6.07, 6.45) is 0.499. The van der Waals surface area contributed by atoms with Crippen molar-refractivity contribution in [2.24, 2.45) is 0 Å². The van der Waals surface area contributed by atoms with Gasteiger partial charge in [-0.15, -0.1) is 0 Å². The number of hydrogen-bond donors (Lipinski definition) is 1. The molecule has 0 saturated carbocycles. The lowest BCUT2D eigenvalue weighted by atomic mass is 10.0. The molecule has 1 N–H and O–H groups in total. The van der Waals surface area contributed by atoms with E-state index in [0.717, 1.165) is 11.3 Å². The van der Waals surface area contributed by atoms with Gasteiger partial charge in [0.25, 0.3) is 0 Å². The fourth-order valence-electron chi connectivity index (χ4n) is 2.37. The second kappa shape index (κ2) is 6.75. The smallest absolute Gasteiger partial charge is 0.326 e. The van der Waals surface area contributed by atoms with E-state index in [2.05, 4.69) is 0 Å². The van der Waals surface area contributed by atoms with E-state index < -0.39 is 12.0 Å². The number of hydrogen-bond acceptors (Lipinski definition) is 2. The zero-order valence-corrected chi connectivity index (χ0v) is 11.6. The van der Waals surface area contributed by atoms with Crippen LogP contribution in [0.1, 0.15) is 12.5 Å². The molecule has 0 aliphatic rings. The Morgan fingerprint density at radius 2 is 1.60 bits per heavy atom. The van der Waals surface area contributed by atoms with E-state index in [1.807, 2.05) is 72.5 Å². The maximum absolute atomic E-state index is 11.6. The number of nitrogens with zero attached hydrogens (tertiary/aromatic N) is 1. The van der Waals surface area contributed by atoms with E-state index in [-0.39, 0.29) is 0 Å². The SMILES string of the molecule is CCN(c1ccccc1)C(Cc1ccccc1)C(=O)O. The molecule has 1 atom stereocenters. The first-order valence-corrected chi connectivity index (χ1v) is 6.80. The quantitative estimate of drug-likeness (QED) is 0.875. The van der Waals surface area contributed by atoms with Gasteiger partial charge in [0.05, 0.1) is 0 Å². The molecule has 0 amide bonds. The van der Waals surface area contributed by atoms with Crippen molar-refractivity contribution >= 4 is 11.7 Å². The summed E-state index contributed by atoms with van der Waals surface area (Å²) in [7, 11) is 0. The first kappa shape index (κ1) is 14.1. The standard InChI is InChI=1S/C17H19NO2/c1-2-18(15-11-7-4-8-12-15)16(17(19)20)13-14-9-5-3-6-10-14/h3-12,16H,2,13H2,1H3,(H,19,20). The van der Waals surface area contributed by atoms with E-state index in [9.17, 15) is 9.90 Å². The number of rotatable bonds is 6. The molecule has 2 rings (SSSR count). The first-order chi connectivity index (χ1) is 9.72. The van der Waals surface area contributed by atoms with Gasteiger partial charge in [-0.05, 0) is 24.6 Å². The Morgan fingerprint density at radius 3 is 2.10 bits per heavy atom. The van der Waals surface area contributed by atoms with Crippen LogP contribution in [0.15, 0.2) is 60.7 Å². The zero-order chi connectivity index (χ0) is 14.4. The number of carboxylic acids is 1. The highest BCUT2D eigenvalue weighted by Crippen LogP contribution is 2.19. The molecule has 0 aliphatic heterocycles. The lowest BCUT2D eigenvalue weighted by Crippen LogP contribution is -2.42. The molecule has 3 heteroatoms. The molecule has 0 bridgehead atoms. The van der Waals surface area contributed by atoms with Gasteiger partial charge in [-0.1, -0.05) is 48.5 Å². The predicted octanol–water partition coefficient (Wildman–Crippen LogP) is 3.21.